The van der Waals surface area contributed by atoms with Gasteiger partial charge in [-0.1, -0.05) is 0 Å². The van der Waals surface area contributed by atoms with E-state index in [9.17, 15) is 4.79 Å². The molecule has 3 N–H and O–H groups in total. The molecule has 1 amide bonds. The summed E-state index contributed by atoms with van der Waals surface area (Å²) in [7, 11) is 2.98. The molecule has 0 aliphatic heterocycles. The first kappa shape index (κ1) is 14.3. The van der Waals surface area contributed by atoms with E-state index >= 15 is 0 Å². The summed E-state index contributed by atoms with van der Waals surface area (Å²) in [6.45, 7) is -0.420. The molecular formula is C12H17NO5. The Labute approximate surface area is 105 Å². The quantitative estimate of drug-likeness (QED) is 0.654. The molecule has 1 rings (SSSR count). The molecule has 1 atom stereocenters. The van der Waals surface area contributed by atoms with Crippen molar-refractivity contribution in [3.63, 3.8) is 0 Å². The average molecular weight is 255 g/mol. The summed E-state index contributed by atoms with van der Waals surface area (Å²) in [5.41, 5.74) is 0.358. The van der Waals surface area contributed by atoms with Crippen LogP contribution in [0.5, 0.6) is 11.5 Å². The first-order chi connectivity index (χ1) is 8.60. The lowest BCUT2D eigenvalue weighted by Crippen LogP contribution is -2.33. The van der Waals surface area contributed by atoms with Gasteiger partial charge in [-0.05, 0) is 12.1 Å². The van der Waals surface area contributed by atoms with Gasteiger partial charge in [-0.2, -0.15) is 0 Å². The van der Waals surface area contributed by atoms with Crippen LogP contribution in [0.15, 0.2) is 18.2 Å². The van der Waals surface area contributed by atoms with Crippen molar-refractivity contribution >= 4 is 5.91 Å². The molecule has 1 aromatic rings. The Balaban J connectivity index is 2.78. The molecule has 1 unspecified atom stereocenters. The van der Waals surface area contributed by atoms with Crippen molar-refractivity contribution in [2.75, 3.05) is 27.4 Å². The monoisotopic (exact) mass is 255 g/mol. The number of aliphatic hydroxyl groups excluding tert-OH is 2. The fourth-order valence-electron chi connectivity index (χ4n) is 1.32. The van der Waals surface area contributed by atoms with Gasteiger partial charge in [0.15, 0.2) is 0 Å². The number of ether oxygens (including phenoxy) is 2. The maximum atomic E-state index is 11.8. The Hall–Kier alpha value is -1.79. The van der Waals surface area contributed by atoms with E-state index in [2.05, 4.69) is 5.32 Å². The van der Waals surface area contributed by atoms with E-state index in [1.54, 1.807) is 18.2 Å². The van der Waals surface area contributed by atoms with E-state index in [0.717, 1.165) is 0 Å². The zero-order chi connectivity index (χ0) is 13.5. The smallest absolute Gasteiger partial charge is 0.251 e. The standard InChI is InChI=1S/C12H17NO5/c1-17-10-3-8(4-11(5-10)18-2)12(16)13-6-9(15)7-14/h3-5,9,14-15H,6-7H2,1-2H3,(H,13,16). The highest BCUT2D eigenvalue weighted by atomic mass is 16.5. The van der Waals surface area contributed by atoms with Gasteiger partial charge in [-0.25, -0.2) is 0 Å². The number of carbonyl (C=O) groups is 1. The lowest BCUT2D eigenvalue weighted by atomic mass is 10.2. The van der Waals surface area contributed by atoms with Crippen LogP contribution in [0.25, 0.3) is 0 Å². The maximum Gasteiger partial charge on any atom is 0.251 e. The Bertz CT molecular complexity index is 385. The number of nitrogens with one attached hydrogen (secondary N) is 1. The molecule has 18 heavy (non-hydrogen) atoms. The minimum atomic E-state index is -0.971. The molecule has 0 bridgehead atoms. The summed E-state index contributed by atoms with van der Waals surface area (Å²) in [5.74, 6) is 0.629. The molecule has 0 aromatic heterocycles. The second-order valence-corrected chi connectivity index (χ2v) is 3.65. The third kappa shape index (κ3) is 3.90. The number of carbonyl (C=O) groups excluding carboxylic acids is 1. The third-order valence-corrected chi connectivity index (χ3v) is 2.32. The van der Waals surface area contributed by atoms with Gasteiger partial charge in [-0.3, -0.25) is 4.79 Å². The zero-order valence-electron chi connectivity index (χ0n) is 10.3. The van der Waals surface area contributed by atoms with E-state index in [0.29, 0.717) is 17.1 Å². The molecule has 0 fully saturated rings. The number of benzene rings is 1. The van der Waals surface area contributed by atoms with Gasteiger partial charge in [0, 0.05) is 18.2 Å². The van der Waals surface area contributed by atoms with Crippen LogP contribution < -0.4 is 14.8 Å². The summed E-state index contributed by atoms with van der Waals surface area (Å²) in [6, 6.07) is 4.77. The first-order valence-corrected chi connectivity index (χ1v) is 5.41. The molecule has 6 nitrogen and oxygen atoms in total. The highest BCUT2D eigenvalue weighted by Crippen LogP contribution is 2.22. The van der Waals surface area contributed by atoms with Crippen LogP contribution in [0, 0.1) is 0 Å². The van der Waals surface area contributed by atoms with Crippen molar-refractivity contribution in [2.24, 2.45) is 0 Å². The number of hydrogen-bond acceptors (Lipinski definition) is 5. The summed E-state index contributed by atoms with van der Waals surface area (Å²) >= 11 is 0. The lowest BCUT2D eigenvalue weighted by Gasteiger charge is -2.11. The molecule has 0 saturated carbocycles. The number of amides is 1. The normalized spacial score (nSPS) is 11.8. The van der Waals surface area contributed by atoms with Crippen molar-refractivity contribution in [1.29, 1.82) is 0 Å². The van der Waals surface area contributed by atoms with E-state index in [1.165, 1.54) is 14.2 Å². The van der Waals surface area contributed by atoms with Crippen LogP contribution in [0.1, 0.15) is 10.4 Å². The minimum Gasteiger partial charge on any atom is -0.497 e. The van der Waals surface area contributed by atoms with Crippen LogP contribution in [0.4, 0.5) is 0 Å². The lowest BCUT2D eigenvalue weighted by molar-refractivity contribution is 0.0801. The molecule has 100 valence electrons. The first-order valence-electron chi connectivity index (χ1n) is 5.41. The van der Waals surface area contributed by atoms with Crippen LogP contribution in [0.2, 0.25) is 0 Å². The Morgan fingerprint density at radius 1 is 1.28 bits per heavy atom. The Morgan fingerprint density at radius 3 is 2.28 bits per heavy atom. The number of aliphatic hydroxyl groups is 2. The van der Waals surface area contributed by atoms with Crippen LogP contribution in [-0.2, 0) is 0 Å². The second-order valence-electron chi connectivity index (χ2n) is 3.65. The molecule has 0 aliphatic carbocycles. The molecule has 0 spiro atoms. The minimum absolute atomic E-state index is 0.0190. The van der Waals surface area contributed by atoms with Gasteiger partial charge < -0.3 is 25.0 Å². The van der Waals surface area contributed by atoms with Crippen molar-refractivity contribution in [3.05, 3.63) is 23.8 Å². The van der Waals surface area contributed by atoms with Gasteiger partial charge >= 0.3 is 0 Å². The van der Waals surface area contributed by atoms with E-state index in [1.807, 2.05) is 0 Å². The van der Waals surface area contributed by atoms with Gasteiger partial charge in [0.1, 0.15) is 11.5 Å². The molecule has 1 aromatic carbocycles. The number of hydrogen-bond donors (Lipinski definition) is 3. The predicted octanol–water partition coefficient (Wildman–Crippen LogP) is -0.213. The highest BCUT2D eigenvalue weighted by Gasteiger charge is 2.11. The van der Waals surface area contributed by atoms with Crippen molar-refractivity contribution in [1.82, 2.24) is 5.32 Å². The molecule has 6 heteroatoms. The van der Waals surface area contributed by atoms with Gasteiger partial charge in [-0.15, -0.1) is 0 Å². The summed E-state index contributed by atoms with van der Waals surface area (Å²) < 4.78 is 10.1. The molecular weight excluding hydrogens is 238 g/mol. The summed E-state index contributed by atoms with van der Waals surface area (Å²) in [6.07, 6.45) is -0.971. The van der Waals surface area contributed by atoms with E-state index in [-0.39, 0.29) is 12.5 Å². The van der Waals surface area contributed by atoms with Gasteiger partial charge in [0.2, 0.25) is 0 Å². The fourth-order valence-corrected chi connectivity index (χ4v) is 1.32. The topological polar surface area (TPSA) is 88.0 Å². The van der Waals surface area contributed by atoms with Crippen molar-refractivity contribution < 1.29 is 24.5 Å². The largest absolute Gasteiger partial charge is 0.497 e. The van der Waals surface area contributed by atoms with Crippen LogP contribution >= 0.6 is 0 Å². The van der Waals surface area contributed by atoms with Crippen LogP contribution in [0.3, 0.4) is 0 Å². The van der Waals surface area contributed by atoms with E-state index in [4.69, 9.17) is 19.7 Å². The zero-order valence-corrected chi connectivity index (χ0v) is 10.3. The van der Waals surface area contributed by atoms with Crippen LogP contribution in [-0.4, -0.2) is 49.6 Å². The van der Waals surface area contributed by atoms with Crippen molar-refractivity contribution in [2.45, 2.75) is 6.10 Å². The summed E-state index contributed by atoms with van der Waals surface area (Å²) in [5, 5.41) is 20.3. The SMILES string of the molecule is COc1cc(OC)cc(C(=O)NCC(O)CO)c1. The molecule has 0 saturated heterocycles. The van der Waals surface area contributed by atoms with Gasteiger partial charge in [0.25, 0.3) is 5.91 Å². The number of rotatable bonds is 6. The Morgan fingerprint density at radius 2 is 1.83 bits per heavy atom. The molecule has 0 aliphatic rings. The highest BCUT2D eigenvalue weighted by molar-refractivity contribution is 5.95. The molecule has 0 heterocycles. The average Bonchev–Trinajstić information content (AvgIpc) is 2.43. The second kappa shape index (κ2) is 6.83. The Kier molecular flexibility index (Phi) is 5.41. The fraction of sp³-hybridized carbons (Fsp3) is 0.417. The van der Waals surface area contributed by atoms with Crippen molar-refractivity contribution in [3.8, 4) is 11.5 Å². The molecule has 0 radical (unpaired) electrons. The number of methoxy groups -OCH3 is 2. The predicted molar refractivity (Wildman–Crippen MR) is 65.0 cm³/mol. The van der Waals surface area contributed by atoms with Gasteiger partial charge in [0.05, 0.1) is 26.9 Å². The van der Waals surface area contributed by atoms with E-state index < -0.39 is 12.7 Å². The third-order valence-electron chi connectivity index (χ3n) is 2.32. The summed E-state index contributed by atoms with van der Waals surface area (Å²) in [4.78, 5) is 11.8. The maximum absolute atomic E-state index is 11.8.